The number of nitro groups is 1. The van der Waals surface area contributed by atoms with Crippen molar-refractivity contribution in [2.45, 2.75) is 0 Å². The van der Waals surface area contributed by atoms with Crippen molar-refractivity contribution in [3.63, 3.8) is 0 Å². The summed E-state index contributed by atoms with van der Waals surface area (Å²) in [6, 6.07) is 13.8. The van der Waals surface area contributed by atoms with Crippen LogP contribution in [0.5, 0.6) is 0 Å². The first-order valence-corrected chi connectivity index (χ1v) is 8.83. The molecule has 0 spiro atoms. The van der Waals surface area contributed by atoms with Gasteiger partial charge in [-0.2, -0.15) is 5.10 Å². The number of anilines is 2. The number of benzene rings is 2. The third-order valence-corrected chi connectivity index (χ3v) is 4.09. The van der Waals surface area contributed by atoms with E-state index >= 15 is 0 Å². The summed E-state index contributed by atoms with van der Waals surface area (Å²) in [5, 5.41) is 23.4. The normalized spacial score (nSPS) is 10.5. The Morgan fingerprint density at radius 2 is 1.79 bits per heavy atom. The van der Waals surface area contributed by atoms with E-state index in [1.165, 1.54) is 30.5 Å². The number of nitrogens with one attached hydrogen (secondary N) is 3. The minimum Gasteiger partial charge on any atom is -0.308 e. The standard InChI is InChI=1S/C17H13N7O4S/c25-15(22-18-10-11-6-8-13(9-7-11)24(27)28)14-16(29-23-21-14)20-17(26)19-12-4-2-1-3-5-12/h1-10H,(H,22,25)(H2,19,20,26)/b18-10+. The molecule has 0 saturated carbocycles. The van der Waals surface area contributed by atoms with Gasteiger partial charge in [-0.1, -0.05) is 22.7 Å². The molecule has 0 atom stereocenters. The van der Waals surface area contributed by atoms with Crippen LogP contribution in [0.15, 0.2) is 59.7 Å². The molecule has 0 fully saturated rings. The molecule has 3 amide bonds. The van der Waals surface area contributed by atoms with Crippen molar-refractivity contribution >= 4 is 46.1 Å². The Morgan fingerprint density at radius 3 is 2.48 bits per heavy atom. The highest BCUT2D eigenvalue weighted by molar-refractivity contribution is 7.10. The van der Waals surface area contributed by atoms with E-state index in [1.54, 1.807) is 24.3 Å². The van der Waals surface area contributed by atoms with Gasteiger partial charge >= 0.3 is 6.03 Å². The van der Waals surface area contributed by atoms with Crippen LogP contribution in [0.4, 0.5) is 21.2 Å². The van der Waals surface area contributed by atoms with E-state index in [0.29, 0.717) is 11.3 Å². The molecule has 0 aliphatic rings. The van der Waals surface area contributed by atoms with Gasteiger partial charge in [0.15, 0.2) is 10.7 Å². The zero-order valence-electron chi connectivity index (χ0n) is 14.6. The van der Waals surface area contributed by atoms with Crippen LogP contribution in [0.25, 0.3) is 0 Å². The van der Waals surface area contributed by atoms with Crippen LogP contribution >= 0.6 is 11.5 Å². The molecule has 3 aromatic rings. The molecular weight excluding hydrogens is 398 g/mol. The van der Waals surface area contributed by atoms with Crippen LogP contribution < -0.4 is 16.1 Å². The van der Waals surface area contributed by atoms with Gasteiger partial charge in [-0.3, -0.25) is 20.2 Å². The van der Waals surface area contributed by atoms with Crippen LogP contribution in [0.1, 0.15) is 16.1 Å². The third-order valence-electron chi connectivity index (χ3n) is 3.45. The summed E-state index contributed by atoms with van der Waals surface area (Å²) in [6.07, 6.45) is 1.32. The van der Waals surface area contributed by atoms with Gasteiger partial charge in [0.25, 0.3) is 11.6 Å². The highest BCUT2D eigenvalue weighted by Gasteiger charge is 2.18. The van der Waals surface area contributed by atoms with Gasteiger partial charge in [0.1, 0.15) is 0 Å². The Hall–Kier alpha value is -4.19. The average molecular weight is 411 g/mol. The molecule has 3 N–H and O–H groups in total. The quantitative estimate of drug-likeness (QED) is 0.322. The van der Waals surface area contributed by atoms with Crippen molar-refractivity contribution in [2.75, 3.05) is 10.6 Å². The maximum absolute atomic E-state index is 12.2. The summed E-state index contributed by atoms with van der Waals surface area (Å²) in [7, 11) is 0. The van der Waals surface area contributed by atoms with Crippen molar-refractivity contribution in [1.82, 2.24) is 15.0 Å². The SMILES string of the molecule is O=C(Nc1ccccc1)Nc1snnc1C(=O)N/N=C/c1ccc([N+](=O)[O-])cc1. The second kappa shape index (κ2) is 9.14. The first kappa shape index (κ1) is 19.6. The number of carbonyl (C=O) groups is 2. The number of nitrogens with zero attached hydrogens (tertiary/aromatic N) is 4. The van der Waals surface area contributed by atoms with Gasteiger partial charge in [0, 0.05) is 29.4 Å². The molecule has 29 heavy (non-hydrogen) atoms. The van der Waals surface area contributed by atoms with Crippen molar-refractivity contribution < 1.29 is 14.5 Å². The topological polar surface area (TPSA) is 152 Å². The summed E-state index contributed by atoms with van der Waals surface area (Å²) >= 11 is 0.841. The number of para-hydroxylation sites is 1. The van der Waals surface area contributed by atoms with E-state index in [1.807, 2.05) is 6.07 Å². The summed E-state index contributed by atoms with van der Waals surface area (Å²) in [4.78, 5) is 34.4. The maximum Gasteiger partial charge on any atom is 0.324 e. The van der Waals surface area contributed by atoms with Crippen molar-refractivity contribution in [1.29, 1.82) is 0 Å². The number of carbonyl (C=O) groups excluding carboxylic acids is 2. The fraction of sp³-hybridized carbons (Fsp3) is 0. The molecule has 1 heterocycles. The van der Waals surface area contributed by atoms with E-state index < -0.39 is 16.9 Å². The monoisotopic (exact) mass is 411 g/mol. The fourth-order valence-corrected chi connectivity index (χ4v) is 2.67. The molecule has 1 aromatic heterocycles. The van der Waals surface area contributed by atoms with E-state index in [9.17, 15) is 19.7 Å². The van der Waals surface area contributed by atoms with E-state index in [4.69, 9.17) is 0 Å². The molecule has 11 nitrogen and oxygen atoms in total. The molecule has 0 bridgehead atoms. The van der Waals surface area contributed by atoms with Gasteiger partial charge in [-0.05, 0) is 29.8 Å². The summed E-state index contributed by atoms with van der Waals surface area (Å²) < 4.78 is 3.67. The number of hydrazone groups is 1. The summed E-state index contributed by atoms with van der Waals surface area (Å²) in [5.74, 6) is -0.674. The Morgan fingerprint density at radius 1 is 1.07 bits per heavy atom. The van der Waals surface area contributed by atoms with Crippen molar-refractivity contribution in [3.8, 4) is 0 Å². The lowest BCUT2D eigenvalue weighted by Gasteiger charge is -2.06. The number of rotatable bonds is 6. The van der Waals surface area contributed by atoms with E-state index in [-0.39, 0.29) is 16.4 Å². The van der Waals surface area contributed by atoms with Crippen LogP contribution in [-0.4, -0.2) is 32.7 Å². The lowest BCUT2D eigenvalue weighted by molar-refractivity contribution is -0.384. The molecule has 0 radical (unpaired) electrons. The van der Waals surface area contributed by atoms with Crippen LogP contribution in [0, 0.1) is 10.1 Å². The predicted octanol–water partition coefficient (Wildman–Crippen LogP) is 2.85. The van der Waals surface area contributed by atoms with Crippen molar-refractivity contribution in [3.05, 3.63) is 76.0 Å². The first-order valence-electron chi connectivity index (χ1n) is 8.06. The average Bonchev–Trinajstić information content (AvgIpc) is 3.17. The molecule has 146 valence electrons. The molecule has 2 aromatic carbocycles. The van der Waals surface area contributed by atoms with Gasteiger partial charge in [0.2, 0.25) is 0 Å². The predicted molar refractivity (Wildman–Crippen MR) is 107 cm³/mol. The zero-order chi connectivity index (χ0) is 20.6. The molecule has 12 heteroatoms. The molecular formula is C17H13N7O4S. The molecule has 0 saturated heterocycles. The smallest absolute Gasteiger partial charge is 0.308 e. The fourth-order valence-electron chi connectivity index (χ4n) is 2.11. The van der Waals surface area contributed by atoms with E-state index in [2.05, 4.69) is 30.7 Å². The van der Waals surface area contributed by atoms with E-state index in [0.717, 1.165) is 11.5 Å². The number of hydrogen-bond donors (Lipinski definition) is 3. The molecule has 0 aliphatic carbocycles. The highest BCUT2D eigenvalue weighted by Crippen LogP contribution is 2.18. The van der Waals surface area contributed by atoms with Gasteiger partial charge < -0.3 is 5.32 Å². The first-order chi connectivity index (χ1) is 14.0. The molecule has 0 aliphatic heterocycles. The maximum atomic E-state index is 12.2. The number of non-ortho nitro benzene ring substituents is 1. The third kappa shape index (κ3) is 5.40. The second-order valence-electron chi connectivity index (χ2n) is 5.44. The van der Waals surface area contributed by atoms with Crippen molar-refractivity contribution in [2.24, 2.45) is 5.10 Å². The molecule has 3 rings (SSSR count). The summed E-state index contributed by atoms with van der Waals surface area (Å²) in [5.41, 5.74) is 3.25. The number of aromatic nitrogens is 2. The Balaban J connectivity index is 1.58. The Kier molecular flexibility index (Phi) is 6.17. The Labute approximate surface area is 167 Å². The molecule has 0 unspecified atom stereocenters. The zero-order valence-corrected chi connectivity index (χ0v) is 15.4. The summed E-state index contributed by atoms with van der Waals surface area (Å²) in [6.45, 7) is 0. The minimum absolute atomic E-state index is 0.0516. The number of amides is 3. The number of nitro benzene ring substituents is 1. The largest absolute Gasteiger partial charge is 0.324 e. The van der Waals surface area contributed by atoms with Crippen LogP contribution in [0.3, 0.4) is 0 Å². The van der Waals surface area contributed by atoms with Gasteiger partial charge in [0.05, 0.1) is 11.1 Å². The van der Waals surface area contributed by atoms with Gasteiger partial charge in [-0.15, -0.1) is 5.10 Å². The lowest BCUT2D eigenvalue weighted by Crippen LogP contribution is -2.23. The van der Waals surface area contributed by atoms with Crippen LogP contribution in [0.2, 0.25) is 0 Å². The number of hydrogen-bond acceptors (Lipinski definition) is 8. The Bertz CT molecular complexity index is 1050. The lowest BCUT2D eigenvalue weighted by atomic mass is 10.2. The van der Waals surface area contributed by atoms with Gasteiger partial charge in [-0.25, -0.2) is 10.2 Å². The number of urea groups is 1. The highest BCUT2D eigenvalue weighted by atomic mass is 32.1. The second-order valence-corrected chi connectivity index (χ2v) is 6.20. The minimum atomic E-state index is -0.674. The van der Waals surface area contributed by atoms with Crippen LogP contribution in [-0.2, 0) is 0 Å².